The molecule has 0 heterocycles. The molecule has 0 atom stereocenters. The minimum atomic E-state index is -2.88. The zero-order chi connectivity index (χ0) is 20.5. The largest absolute Gasteiger partial charge is 0.434 e. The Morgan fingerprint density at radius 1 is 1.14 bits per heavy atom. The Kier molecular flexibility index (Phi) is 10.4. The molecular formula is C20H25F2IN4O2. The average Bonchev–Trinajstić information content (AvgIpc) is 2.63. The average molecular weight is 518 g/mol. The Balaban J connectivity index is 0.00000420. The van der Waals surface area contributed by atoms with Gasteiger partial charge in [-0.1, -0.05) is 29.8 Å². The molecule has 29 heavy (non-hydrogen) atoms. The second-order valence-corrected chi connectivity index (χ2v) is 6.15. The summed E-state index contributed by atoms with van der Waals surface area (Å²) in [6.07, 6.45) is 0. The monoisotopic (exact) mass is 518 g/mol. The SMILES string of the molecule is CN=C(NCc1cccc(NC(C)=O)c1)NCc1cc(C)ccc1OC(F)F.I. The predicted molar refractivity (Wildman–Crippen MR) is 121 cm³/mol. The molecule has 0 aliphatic rings. The Labute approximate surface area is 186 Å². The van der Waals surface area contributed by atoms with Gasteiger partial charge in [0.25, 0.3) is 0 Å². The summed E-state index contributed by atoms with van der Waals surface area (Å²) in [5.41, 5.74) is 3.21. The zero-order valence-electron chi connectivity index (χ0n) is 16.5. The van der Waals surface area contributed by atoms with E-state index in [1.165, 1.54) is 13.0 Å². The molecule has 0 fully saturated rings. The first kappa shape index (κ1) is 24.6. The van der Waals surface area contributed by atoms with Gasteiger partial charge in [-0.3, -0.25) is 9.79 Å². The van der Waals surface area contributed by atoms with Gasteiger partial charge in [0.05, 0.1) is 0 Å². The van der Waals surface area contributed by atoms with E-state index in [0.717, 1.165) is 11.1 Å². The van der Waals surface area contributed by atoms with Gasteiger partial charge in [-0.25, -0.2) is 0 Å². The molecule has 0 saturated heterocycles. The van der Waals surface area contributed by atoms with Crippen molar-refractivity contribution in [3.05, 3.63) is 59.2 Å². The number of halogens is 3. The smallest absolute Gasteiger partial charge is 0.387 e. The van der Waals surface area contributed by atoms with E-state index in [4.69, 9.17) is 0 Å². The fourth-order valence-corrected chi connectivity index (χ4v) is 2.60. The summed E-state index contributed by atoms with van der Waals surface area (Å²) in [4.78, 5) is 15.3. The molecule has 0 aromatic heterocycles. The number of amides is 1. The van der Waals surface area contributed by atoms with Gasteiger partial charge in [0.2, 0.25) is 5.91 Å². The predicted octanol–water partition coefficient (Wildman–Crippen LogP) is 4.04. The van der Waals surface area contributed by atoms with E-state index >= 15 is 0 Å². The third-order valence-corrected chi connectivity index (χ3v) is 3.81. The summed E-state index contributed by atoms with van der Waals surface area (Å²) in [5.74, 6) is 0.503. The lowest BCUT2D eigenvalue weighted by molar-refractivity contribution is -0.114. The highest BCUT2D eigenvalue weighted by molar-refractivity contribution is 14.0. The molecule has 0 saturated carbocycles. The maximum Gasteiger partial charge on any atom is 0.387 e. The Morgan fingerprint density at radius 2 is 1.86 bits per heavy atom. The fraction of sp³-hybridized carbons (Fsp3) is 0.300. The van der Waals surface area contributed by atoms with Crippen molar-refractivity contribution in [1.29, 1.82) is 0 Å². The van der Waals surface area contributed by atoms with Crippen LogP contribution in [-0.4, -0.2) is 25.5 Å². The van der Waals surface area contributed by atoms with Crippen molar-refractivity contribution < 1.29 is 18.3 Å². The Hall–Kier alpha value is -2.43. The first-order valence-corrected chi connectivity index (χ1v) is 8.72. The second kappa shape index (κ2) is 12.2. The molecule has 0 aliphatic heterocycles. The van der Waals surface area contributed by atoms with Gasteiger partial charge < -0.3 is 20.7 Å². The van der Waals surface area contributed by atoms with Crippen LogP contribution >= 0.6 is 24.0 Å². The molecule has 0 aliphatic carbocycles. The molecule has 0 bridgehead atoms. The number of aryl methyl sites for hydroxylation is 1. The lowest BCUT2D eigenvalue weighted by Gasteiger charge is -2.15. The van der Waals surface area contributed by atoms with Crippen LogP contribution in [0.1, 0.15) is 23.6 Å². The second-order valence-electron chi connectivity index (χ2n) is 6.15. The van der Waals surface area contributed by atoms with Crippen molar-refractivity contribution in [1.82, 2.24) is 10.6 Å². The number of rotatable bonds is 7. The number of carbonyl (C=O) groups is 1. The number of ether oxygens (including phenoxy) is 1. The quantitative estimate of drug-likeness (QED) is 0.294. The number of nitrogens with zero attached hydrogens (tertiary/aromatic N) is 1. The van der Waals surface area contributed by atoms with E-state index in [0.29, 0.717) is 23.8 Å². The van der Waals surface area contributed by atoms with Gasteiger partial charge in [0.1, 0.15) is 5.75 Å². The molecule has 0 spiro atoms. The Bertz CT molecular complexity index is 847. The highest BCUT2D eigenvalue weighted by atomic mass is 127. The van der Waals surface area contributed by atoms with Crippen LogP contribution in [0.3, 0.4) is 0 Å². The van der Waals surface area contributed by atoms with Crippen molar-refractivity contribution >= 4 is 41.5 Å². The van der Waals surface area contributed by atoms with Crippen molar-refractivity contribution in [3.8, 4) is 5.75 Å². The third kappa shape index (κ3) is 8.63. The maximum atomic E-state index is 12.6. The van der Waals surface area contributed by atoms with Crippen LogP contribution in [0, 0.1) is 6.92 Å². The molecule has 2 aromatic rings. The summed E-state index contributed by atoms with van der Waals surface area (Å²) in [5, 5.41) is 8.97. The number of nitrogens with one attached hydrogen (secondary N) is 3. The van der Waals surface area contributed by atoms with Crippen LogP contribution < -0.4 is 20.7 Å². The number of guanidine groups is 1. The summed E-state index contributed by atoms with van der Waals surface area (Å²) < 4.78 is 29.7. The van der Waals surface area contributed by atoms with Gasteiger partial charge in [-0.15, -0.1) is 24.0 Å². The highest BCUT2D eigenvalue weighted by Gasteiger charge is 2.10. The number of hydrogen-bond acceptors (Lipinski definition) is 3. The maximum absolute atomic E-state index is 12.6. The van der Waals surface area contributed by atoms with Crippen LogP contribution in [0.5, 0.6) is 5.75 Å². The van der Waals surface area contributed by atoms with E-state index in [2.05, 4.69) is 25.7 Å². The lowest BCUT2D eigenvalue weighted by Crippen LogP contribution is -2.36. The van der Waals surface area contributed by atoms with Crippen molar-refractivity contribution in [2.75, 3.05) is 12.4 Å². The Morgan fingerprint density at radius 3 is 2.52 bits per heavy atom. The molecule has 158 valence electrons. The summed E-state index contributed by atoms with van der Waals surface area (Å²) >= 11 is 0. The fourth-order valence-electron chi connectivity index (χ4n) is 2.60. The molecule has 3 N–H and O–H groups in total. The van der Waals surface area contributed by atoms with Crippen molar-refractivity contribution in [2.45, 2.75) is 33.5 Å². The van der Waals surface area contributed by atoms with Gasteiger partial charge in [0, 0.05) is 38.3 Å². The van der Waals surface area contributed by atoms with Crippen molar-refractivity contribution in [2.24, 2.45) is 4.99 Å². The number of alkyl halides is 2. The number of benzene rings is 2. The van der Waals surface area contributed by atoms with E-state index in [1.54, 1.807) is 25.2 Å². The molecule has 2 aromatic carbocycles. The minimum Gasteiger partial charge on any atom is -0.434 e. The van der Waals surface area contributed by atoms with Crippen LogP contribution in [0.4, 0.5) is 14.5 Å². The molecule has 6 nitrogen and oxygen atoms in total. The van der Waals surface area contributed by atoms with E-state index in [-0.39, 0.29) is 42.2 Å². The van der Waals surface area contributed by atoms with Gasteiger partial charge >= 0.3 is 6.61 Å². The molecule has 1 amide bonds. The molecule has 9 heteroatoms. The first-order valence-electron chi connectivity index (χ1n) is 8.72. The van der Waals surface area contributed by atoms with Crippen LogP contribution in [0.15, 0.2) is 47.5 Å². The topological polar surface area (TPSA) is 74.8 Å². The minimum absolute atomic E-state index is 0. The van der Waals surface area contributed by atoms with Gasteiger partial charge in [-0.05, 0) is 30.7 Å². The lowest BCUT2D eigenvalue weighted by atomic mass is 10.1. The van der Waals surface area contributed by atoms with Crippen LogP contribution in [-0.2, 0) is 17.9 Å². The number of carbonyl (C=O) groups excluding carboxylic acids is 1. The van der Waals surface area contributed by atoms with Crippen molar-refractivity contribution in [3.63, 3.8) is 0 Å². The van der Waals surface area contributed by atoms with E-state index in [9.17, 15) is 13.6 Å². The number of hydrogen-bond donors (Lipinski definition) is 3. The van der Waals surface area contributed by atoms with Gasteiger partial charge in [0.15, 0.2) is 5.96 Å². The first-order chi connectivity index (χ1) is 13.4. The summed E-state index contributed by atoms with van der Waals surface area (Å²) in [6, 6.07) is 12.5. The molecule has 2 rings (SSSR count). The van der Waals surface area contributed by atoms with Crippen LogP contribution in [0.2, 0.25) is 0 Å². The number of aliphatic imine (C=N–C) groups is 1. The standard InChI is InChI=1S/C20H24F2N4O2.HI/c1-13-7-8-18(28-19(21)22)16(9-13)12-25-20(23-3)24-11-15-5-4-6-17(10-15)26-14(2)27;/h4-10,19H,11-12H2,1-3H3,(H,26,27)(H2,23,24,25);1H. The third-order valence-electron chi connectivity index (χ3n) is 3.81. The summed E-state index contributed by atoms with van der Waals surface area (Å²) in [7, 11) is 1.62. The van der Waals surface area contributed by atoms with Gasteiger partial charge in [-0.2, -0.15) is 8.78 Å². The van der Waals surface area contributed by atoms with E-state index in [1.807, 2.05) is 25.1 Å². The molecule has 0 radical (unpaired) electrons. The molecule has 0 unspecified atom stereocenters. The van der Waals surface area contributed by atoms with Crippen LogP contribution in [0.25, 0.3) is 0 Å². The zero-order valence-corrected chi connectivity index (χ0v) is 18.8. The highest BCUT2D eigenvalue weighted by Crippen LogP contribution is 2.22. The summed E-state index contributed by atoms with van der Waals surface area (Å²) in [6.45, 7) is 1.20. The normalized spacial score (nSPS) is 10.9. The van der Waals surface area contributed by atoms with E-state index < -0.39 is 6.61 Å². The number of anilines is 1. The molecular weight excluding hydrogens is 493 g/mol.